The van der Waals surface area contributed by atoms with Crippen LogP contribution < -0.4 is 0 Å². The average Bonchev–Trinajstić information content (AvgIpc) is 3.48. The average molecular weight is 407 g/mol. The summed E-state index contributed by atoms with van der Waals surface area (Å²) in [5.74, 6) is 1.17. The predicted octanol–water partition coefficient (Wildman–Crippen LogP) is 4.72. The molecule has 2 fully saturated rings. The molecule has 0 aromatic rings. The Kier molecular flexibility index (Phi) is 10.6. The molecule has 0 aromatic heterocycles. The first kappa shape index (κ1) is 24.3. The van der Waals surface area contributed by atoms with Crippen LogP contribution in [0.15, 0.2) is 24.3 Å². The molecule has 3 N–H and O–H groups in total. The van der Waals surface area contributed by atoms with Crippen LogP contribution in [0, 0.1) is 17.8 Å². The van der Waals surface area contributed by atoms with Crippen LogP contribution in [-0.2, 0) is 4.79 Å². The van der Waals surface area contributed by atoms with Gasteiger partial charge in [0.15, 0.2) is 0 Å². The van der Waals surface area contributed by atoms with E-state index < -0.39 is 5.60 Å². The molecule has 0 heterocycles. The lowest BCUT2D eigenvalue weighted by Gasteiger charge is -2.27. The van der Waals surface area contributed by atoms with Gasteiger partial charge in [-0.3, -0.25) is 4.79 Å². The zero-order chi connectivity index (χ0) is 21.1. The van der Waals surface area contributed by atoms with Gasteiger partial charge < -0.3 is 15.3 Å². The minimum atomic E-state index is -0.611. The fourth-order valence-corrected chi connectivity index (χ4v) is 4.62. The number of hydrogen-bond donors (Lipinski definition) is 3. The number of hydrogen-bond acceptors (Lipinski definition) is 4. The molecule has 0 saturated heterocycles. The predicted molar refractivity (Wildman–Crippen MR) is 117 cm³/mol. The van der Waals surface area contributed by atoms with E-state index in [9.17, 15) is 15.0 Å². The van der Waals surface area contributed by atoms with Gasteiger partial charge in [0.25, 0.3) is 0 Å². The highest BCUT2D eigenvalue weighted by Crippen LogP contribution is 2.45. The number of aliphatic hydroxyl groups excluding tert-OH is 2. The number of aliphatic hydroxyl groups is 3. The van der Waals surface area contributed by atoms with Gasteiger partial charge in [-0.1, -0.05) is 37.1 Å². The Labute approximate surface area is 177 Å². The van der Waals surface area contributed by atoms with Gasteiger partial charge >= 0.3 is 0 Å². The topological polar surface area (TPSA) is 77.8 Å². The molecule has 0 spiro atoms. The lowest BCUT2D eigenvalue weighted by molar-refractivity contribution is -0.120. The number of allylic oxidation sites excluding steroid dienone is 3. The third kappa shape index (κ3) is 8.74. The minimum absolute atomic E-state index is 0.0837. The van der Waals surface area contributed by atoms with Crippen LogP contribution in [0.4, 0.5) is 0 Å². The second kappa shape index (κ2) is 12.7. The van der Waals surface area contributed by atoms with Gasteiger partial charge in [-0.05, 0) is 83.0 Å². The molecular formula is C25H42O4. The normalized spacial score (nSPS) is 25.9. The summed E-state index contributed by atoms with van der Waals surface area (Å²) in [5, 5.41) is 29.4. The summed E-state index contributed by atoms with van der Waals surface area (Å²) >= 11 is 0. The van der Waals surface area contributed by atoms with Crippen LogP contribution in [0.1, 0.15) is 90.4 Å². The first-order valence-corrected chi connectivity index (χ1v) is 11.8. The Morgan fingerprint density at radius 3 is 2.59 bits per heavy atom. The van der Waals surface area contributed by atoms with Crippen molar-refractivity contribution in [3.05, 3.63) is 24.3 Å². The maximum atomic E-state index is 12.3. The summed E-state index contributed by atoms with van der Waals surface area (Å²) < 4.78 is 0. The van der Waals surface area contributed by atoms with E-state index in [1.54, 1.807) is 0 Å². The fourth-order valence-electron chi connectivity index (χ4n) is 4.62. The monoisotopic (exact) mass is 406 g/mol. The largest absolute Gasteiger partial charge is 0.396 e. The standard InChI is InChI=1S/C25H42O4/c1-20(27)10-6-7-17-25(29,22-14-15-22)18-9-11-21-13-16-24(28)23(21)12-5-3-2-4-8-19-26/h3,5,9,11,20-23,26-27,29H,2,4,6-8,10,12-19H2,1H3/t20?,21-,23+,25?/m0/s1. The van der Waals surface area contributed by atoms with Gasteiger partial charge in [0.1, 0.15) is 5.78 Å². The van der Waals surface area contributed by atoms with Gasteiger partial charge in [-0.25, -0.2) is 0 Å². The van der Waals surface area contributed by atoms with E-state index in [1.165, 1.54) is 0 Å². The molecule has 0 bridgehead atoms. The molecular weight excluding hydrogens is 364 g/mol. The maximum Gasteiger partial charge on any atom is 0.136 e. The number of carbonyl (C=O) groups excluding carboxylic acids is 1. The summed E-state index contributed by atoms with van der Waals surface area (Å²) in [4.78, 5) is 12.3. The smallest absolute Gasteiger partial charge is 0.136 e. The van der Waals surface area contributed by atoms with Crippen LogP contribution >= 0.6 is 0 Å². The zero-order valence-electron chi connectivity index (χ0n) is 18.3. The first-order valence-electron chi connectivity index (χ1n) is 11.8. The van der Waals surface area contributed by atoms with Gasteiger partial charge in [0.2, 0.25) is 0 Å². The molecule has 0 aromatic carbocycles. The molecule has 29 heavy (non-hydrogen) atoms. The Balaban J connectivity index is 1.80. The first-order chi connectivity index (χ1) is 14.0. The summed E-state index contributed by atoms with van der Waals surface area (Å²) in [6, 6.07) is 0. The number of unbranched alkanes of at least 4 members (excludes halogenated alkanes) is 3. The van der Waals surface area contributed by atoms with Crippen LogP contribution in [0.2, 0.25) is 0 Å². The van der Waals surface area contributed by atoms with E-state index in [0.29, 0.717) is 30.5 Å². The molecule has 4 heteroatoms. The Hall–Kier alpha value is -0.970. The number of rotatable bonds is 15. The highest BCUT2D eigenvalue weighted by molar-refractivity contribution is 5.83. The van der Waals surface area contributed by atoms with E-state index in [0.717, 1.165) is 70.6 Å². The van der Waals surface area contributed by atoms with Gasteiger partial charge in [-0.2, -0.15) is 0 Å². The SMILES string of the molecule is CC(O)CCCCC(O)(CC=C[C@H]1CCC(=O)[C@@H]1CC=CCCCCO)C1CC1. The summed E-state index contributed by atoms with van der Waals surface area (Å²) in [5.41, 5.74) is -0.611. The van der Waals surface area contributed by atoms with E-state index in [4.69, 9.17) is 5.11 Å². The van der Waals surface area contributed by atoms with E-state index in [2.05, 4.69) is 24.3 Å². The third-order valence-corrected chi connectivity index (χ3v) is 6.66. The maximum absolute atomic E-state index is 12.3. The van der Waals surface area contributed by atoms with Crippen molar-refractivity contribution in [2.75, 3.05) is 6.61 Å². The summed E-state index contributed by atoms with van der Waals surface area (Å²) in [6.07, 6.45) is 20.0. The van der Waals surface area contributed by atoms with Gasteiger partial charge in [-0.15, -0.1) is 0 Å². The van der Waals surface area contributed by atoms with E-state index in [-0.39, 0.29) is 18.6 Å². The lowest BCUT2D eigenvalue weighted by Crippen LogP contribution is -2.30. The molecule has 166 valence electrons. The zero-order valence-corrected chi connectivity index (χ0v) is 18.3. The molecule has 2 aliphatic carbocycles. The number of carbonyl (C=O) groups is 1. The van der Waals surface area contributed by atoms with Crippen molar-refractivity contribution in [2.45, 2.75) is 102 Å². The van der Waals surface area contributed by atoms with Crippen LogP contribution in [0.5, 0.6) is 0 Å². The molecule has 4 atom stereocenters. The van der Waals surface area contributed by atoms with Crippen molar-refractivity contribution in [3.8, 4) is 0 Å². The van der Waals surface area contributed by atoms with Gasteiger partial charge in [0.05, 0.1) is 11.7 Å². The third-order valence-electron chi connectivity index (χ3n) is 6.66. The molecule has 2 rings (SSSR count). The van der Waals surface area contributed by atoms with Crippen LogP contribution in [0.3, 0.4) is 0 Å². The molecule has 0 radical (unpaired) electrons. The van der Waals surface area contributed by atoms with Crippen molar-refractivity contribution in [2.24, 2.45) is 17.8 Å². The fraction of sp³-hybridized carbons (Fsp3) is 0.800. The summed E-state index contributed by atoms with van der Waals surface area (Å²) in [6.45, 7) is 2.06. The highest BCUT2D eigenvalue weighted by Gasteiger charge is 2.42. The van der Waals surface area contributed by atoms with Crippen LogP contribution in [-0.4, -0.2) is 39.4 Å². The van der Waals surface area contributed by atoms with E-state index in [1.807, 2.05) is 6.92 Å². The molecule has 0 aliphatic heterocycles. The van der Waals surface area contributed by atoms with Crippen molar-refractivity contribution >= 4 is 5.78 Å². The van der Waals surface area contributed by atoms with E-state index >= 15 is 0 Å². The van der Waals surface area contributed by atoms with Crippen molar-refractivity contribution in [3.63, 3.8) is 0 Å². The second-order valence-corrected chi connectivity index (χ2v) is 9.31. The molecule has 4 nitrogen and oxygen atoms in total. The van der Waals surface area contributed by atoms with Crippen molar-refractivity contribution in [1.29, 1.82) is 0 Å². The molecule has 2 unspecified atom stereocenters. The molecule has 2 aliphatic rings. The van der Waals surface area contributed by atoms with Crippen molar-refractivity contribution < 1.29 is 20.1 Å². The Bertz CT molecular complexity index is 535. The van der Waals surface area contributed by atoms with Gasteiger partial charge in [0, 0.05) is 18.9 Å². The second-order valence-electron chi connectivity index (χ2n) is 9.31. The Morgan fingerprint density at radius 1 is 1.10 bits per heavy atom. The quantitative estimate of drug-likeness (QED) is 0.272. The van der Waals surface area contributed by atoms with Crippen LogP contribution in [0.25, 0.3) is 0 Å². The highest BCUT2D eigenvalue weighted by atomic mass is 16.3. The number of Topliss-reactive ketones (excluding diaryl/α,β-unsaturated/α-hetero) is 1. The summed E-state index contributed by atoms with van der Waals surface area (Å²) in [7, 11) is 0. The minimum Gasteiger partial charge on any atom is -0.396 e. The molecule has 2 saturated carbocycles. The Morgan fingerprint density at radius 2 is 1.90 bits per heavy atom. The van der Waals surface area contributed by atoms with Crippen molar-refractivity contribution in [1.82, 2.24) is 0 Å². The number of ketones is 1. The lowest BCUT2D eigenvalue weighted by atomic mass is 9.86. The molecule has 0 amide bonds.